The molecule has 0 aliphatic carbocycles. The molecule has 20 heavy (non-hydrogen) atoms. The van der Waals surface area contributed by atoms with E-state index < -0.39 is 0 Å². The zero-order chi connectivity index (χ0) is 14.5. The molecule has 106 valence electrons. The van der Waals surface area contributed by atoms with Crippen molar-refractivity contribution in [2.75, 3.05) is 13.6 Å². The molecule has 1 N–H and O–H groups in total. The van der Waals surface area contributed by atoms with Gasteiger partial charge in [0.2, 0.25) is 0 Å². The zero-order valence-electron chi connectivity index (χ0n) is 11.2. The van der Waals surface area contributed by atoms with Crippen molar-refractivity contribution in [2.45, 2.75) is 12.3 Å². The van der Waals surface area contributed by atoms with Crippen molar-refractivity contribution in [1.82, 2.24) is 5.32 Å². The lowest BCUT2D eigenvalue weighted by molar-refractivity contribution is 0.574. The third-order valence-electron chi connectivity index (χ3n) is 3.27. The average molecular weight is 357 g/mol. The molecule has 1 nitrogen and oxygen atoms in total. The minimum absolute atomic E-state index is 0.181. The quantitative estimate of drug-likeness (QED) is 0.812. The summed E-state index contributed by atoms with van der Waals surface area (Å²) in [4.78, 5) is 0. The SMILES string of the molecule is CNCC(Cc1cccc(Cl)c1F)c1cccc(Br)c1. The molecule has 0 amide bonds. The average Bonchev–Trinajstić information content (AvgIpc) is 2.43. The van der Waals surface area contributed by atoms with Crippen LogP contribution in [-0.2, 0) is 6.42 Å². The Morgan fingerprint density at radius 1 is 1.25 bits per heavy atom. The molecule has 4 heteroatoms. The maximum atomic E-state index is 14.0. The van der Waals surface area contributed by atoms with Crippen molar-refractivity contribution < 1.29 is 4.39 Å². The summed E-state index contributed by atoms with van der Waals surface area (Å²) in [7, 11) is 1.90. The molecule has 2 rings (SSSR count). The van der Waals surface area contributed by atoms with Crippen molar-refractivity contribution in [3.05, 3.63) is 68.9 Å². The highest BCUT2D eigenvalue weighted by Crippen LogP contribution is 2.26. The van der Waals surface area contributed by atoms with E-state index >= 15 is 0 Å². The van der Waals surface area contributed by atoms with Crippen LogP contribution in [0.5, 0.6) is 0 Å². The fourth-order valence-electron chi connectivity index (χ4n) is 2.29. The molecule has 0 fully saturated rings. The van der Waals surface area contributed by atoms with Gasteiger partial charge in [-0.05, 0) is 42.8 Å². The maximum Gasteiger partial charge on any atom is 0.144 e. The highest BCUT2D eigenvalue weighted by Gasteiger charge is 2.15. The number of rotatable bonds is 5. The topological polar surface area (TPSA) is 12.0 Å². The van der Waals surface area contributed by atoms with E-state index in [-0.39, 0.29) is 16.8 Å². The van der Waals surface area contributed by atoms with Crippen LogP contribution in [0.2, 0.25) is 5.02 Å². The second-order valence-corrected chi connectivity index (χ2v) is 6.05. The van der Waals surface area contributed by atoms with Gasteiger partial charge in [-0.3, -0.25) is 0 Å². The first-order valence-corrected chi connectivity index (χ1v) is 7.62. The van der Waals surface area contributed by atoms with E-state index in [1.807, 2.05) is 19.2 Å². The first-order valence-electron chi connectivity index (χ1n) is 6.44. The van der Waals surface area contributed by atoms with Crippen LogP contribution < -0.4 is 5.32 Å². The molecule has 0 aliphatic heterocycles. The summed E-state index contributed by atoms with van der Waals surface area (Å²) in [6.45, 7) is 0.780. The Morgan fingerprint density at radius 3 is 2.70 bits per heavy atom. The van der Waals surface area contributed by atoms with E-state index in [1.54, 1.807) is 18.2 Å². The number of nitrogens with one attached hydrogen (secondary N) is 1. The number of likely N-dealkylation sites (N-methyl/N-ethyl adjacent to an activating group) is 1. The molecule has 0 aliphatic rings. The first-order chi connectivity index (χ1) is 9.61. The van der Waals surface area contributed by atoms with E-state index in [0.29, 0.717) is 12.0 Å². The van der Waals surface area contributed by atoms with E-state index in [1.165, 1.54) is 5.56 Å². The van der Waals surface area contributed by atoms with Crippen LogP contribution in [-0.4, -0.2) is 13.6 Å². The van der Waals surface area contributed by atoms with Gasteiger partial charge >= 0.3 is 0 Å². The second-order valence-electron chi connectivity index (χ2n) is 4.73. The van der Waals surface area contributed by atoms with Gasteiger partial charge in [-0.2, -0.15) is 0 Å². The molecule has 2 aromatic carbocycles. The van der Waals surface area contributed by atoms with Crippen LogP contribution in [0.3, 0.4) is 0 Å². The van der Waals surface area contributed by atoms with Gasteiger partial charge in [0, 0.05) is 16.9 Å². The van der Waals surface area contributed by atoms with Crippen molar-refractivity contribution >= 4 is 27.5 Å². The van der Waals surface area contributed by atoms with Gasteiger partial charge in [-0.1, -0.05) is 51.8 Å². The van der Waals surface area contributed by atoms with Gasteiger partial charge in [-0.15, -0.1) is 0 Å². The predicted octanol–water partition coefficient (Wildman–Crippen LogP) is 4.79. The maximum absolute atomic E-state index is 14.0. The van der Waals surface area contributed by atoms with Crippen molar-refractivity contribution in [3.8, 4) is 0 Å². The van der Waals surface area contributed by atoms with E-state index in [2.05, 4.69) is 33.4 Å². The number of halogens is 3. The van der Waals surface area contributed by atoms with Crippen LogP contribution in [0.4, 0.5) is 4.39 Å². The zero-order valence-corrected chi connectivity index (χ0v) is 13.5. The highest BCUT2D eigenvalue weighted by atomic mass is 79.9. The fraction of sp³-hybridized carbons (Fsp3) is 0.250. The van der Waals surface area contributed by atoms with Crippen LogP contribution in [0.1, 0.15) is 17.0 Å². The Morgan fingerprint density at radius 2 is 2.00 bits per heavy atom. The van der Waals surface area contributed by atoms with Gasteiger partial charge in [0.25, 0.3) is 0 Å². The fourth-order valence-corrected chi connectivity index (χ4v) is 2.90. The Bertz CT molecular complexity index is 588. The summed E-state index contributed by atoms with van der Waals surface area (Å²) in [5, 5.41) is 3.35. The molecule has 1 unspecified atom stereocenters. The molecule has 0 aromatic heterocycles. The molecule has 0 bridgehead atoms. The summed E-state index contributed by atoms with van der Waals surface area (Å²) >= 11 is 9.32. The number of hydrogen-bond donors (Lipinski definition) is 1. The van der Waals surface area contributed by atoms with Gasteiger partial charge in [0.05, 0.1) is 5.02 Å². The van der Waals surface area contributed by atoms with E-state index in [9.17, 15) is 4.39 Å². The predicted molar refractivity (Wildman–Crippen MR) is 85.9 cm³/mol. The Balaban J connectivity index is 2.28. The molecule has 0 radical (unpaired) electrons. The van der Waals surface area contributed by atoms with Crippen LogP contribution in [0, 0.1) is 5.82 Å². The second kappa shape index (κ2) is 7.21. The summed E-state index contributed by atoms with van der Waals surface area (Å²) < 4.78 is 15.1. The molecule has 0 spiro atoms. The lowest BCUT2D eigenvalue weighted by Crippen LogP contribution is -2.19. The summed E-state index contributed by atoms with van der Waals surface area (Å²) in [5.74, 6) is -0.115. The van der Waals surface area contributed by atoms with Crippen LogP contribution in [0.25, 0.3) is 0 Å². The third kappa shape index (κ3) is 3.81. The molecule has 2 aromatic rings. The normalized spacial score (nSPS) is 12.4. The first kappa shape index (κ1) is 15.5. The molecule has 0 heterocycles. The smallest absolute Gasteiger partial charge is 0.144 e. The van der Waals surface area contributed by atoms with Crippen LogP contribution in [0.15, 0.2) is 46.9 Å². The summed E-state index contributed by atoms with van der Waals surface area (Å²) in [5.41, 5.74) is 1.82. The van der Waals surface area contributed by atoms with Gasteiger partial charge in [0.15, 0.2) is 0 Å². The minimum Gasteiger partial charge on any atom is -0.319 e. The number of benzene rings is 2. The highest BCUT2D eigenvalue weighted by molar-refractivity contribution is 9.10. The lowest BCUT2D eigenvalue weighted by Gasteiger charge is -2.18. The van der Waals surface area contributed by atoms with E-state index in [0.717, 1.165) is 11.0 Å². The standard InChI is InChI=1S/C16H16BrClFN/c1-20-10-13(11-4-2-6-14(17)9-11)8-12-5-3-7-15(18)16(12)19/h2-7,9,13,20H,8,10H2,1H3. The van der Waals surface area contributed by atoms with Gasteiger partial charge in [0.1, 0.15) is 5.82 Å². The molecule has 0 saturated heterocycles. The summed E-state index contributed by atoms with van der Waals surface area (Å²) in [6.07, 6.45) is 0.615. The van der Waals surface area contributed by atoms with Crippen molar-refractivity contribution in [3.63, 3.8) is 0 Å². The number of hydrogen-bond acceptors (Lipinski definition) is 1. The van der Waals surface area contributed by atoms with E-state index in [4.69, 9.17) is 11.6 Å². The molecule has 1 atom stereocenters. The molecule has 0 saturated carbocycles. The Labute approximate surface area is 132 Å². The van der Waals surface area contributed by atoms with Crippen molar-refractivity contribution in [2.24, 2.45) is 0 Å². The lowest BCUT2D eigenvalue weighted by atomic mass is 9.91. The van der Waals surface area contributed by atoms with Crippen LogP contribution >= 0.6 is 27.5 Å². The third-order valence-corrected chi connectivity index (χ3v) is 4.05. The minimum atomic E-state index is -0.315. The Kier molecular flexibility index (Phi) is 5.58. The van der Waals surface area contributed by atoms with Gasteiger partial charge < -0.3 is 5.32 Å². The van der Waals surface area contributed by atoms with Crippen molar-refractivity contribution in [1.29, 1.82) is 0 Å². The monoisotopic (exact) mass is 355 g/mol. The van der Waals surface area contributed by atoms with Gasteiger partial charge in [-0.25, -0.2) is 4.39 Å². The largest absolute Gasteiger partial charge is 0.319 e. The molecular formula is C16H16BrClFN. The Hall–Kier alpha value is -0.900. The molecular weight excluding hydrogens is 341 g/mol. The summed E-state index contributed by atoms with van der Waals surface area (Å²) in [6, 6.07) is 13.3.